The van der Waals surface area contributed by atoms with Gasteiger partial charge < -0.3 is 10.7 Å². The molecule has 0 saturated heterocycles. The third-order valence-electron chi connectivity index (χ3n) is 3.01. The number of nitrogens with two attached hydrogens (primary N) is 1. The van der Waals surface area contributed by atoms with Crippen LogP contribution in [0.25, 0.3) is 11.0 Å². The van der Waals surface area contributed by atoms with Gasteiger partial charge in [0.05, 0.1) is 11.6 Å². The monoisotopic (exact) mass is 223 g/mol. The van der Waals surface area contributed by atoms with Gasteiger partial charge in [-0.15, -0.1) is 0 Å². The van der Waals surface area contributed by atoms with E-state index in [4.69, 9.17) is 5.73 Å². The number of hydrogen-bond donors (Lipinski definition) is 2. The van der Waals surface area contributed by atoms with Crippen molar-refractivity contribution in [3.05, 3.63) is 29.6 Å². The van der Waals surface area contributed by atoms with E-state index in [2.05, 4.69) is 9.97 Å². The summed E-state index contributed by atoms with van der Waals surface area (Å²) in [5, 5.41) is 0. The molecule has 1 aliphatic rings. The fourth-order valence-electron chi connectivity index (χ4n) is 1.87. The van der Waals surface area contributed by atoms with Crippen molar-refractivity contribution in [2.75, 3.05) is 0 Å². The van der Waals surface area contributed by atoms with Crippen molar-refractivity contribution in [1.82, 2.24) is 9.97 Å². The summed E-state index contributed by atoms with van der Waals surface area (Å²) in [6, 6.07) is 2.36. The lowest BCUT2D eigenvalue weighted by Gasteiger charge is -2.04. The fraction of sp³-hybridized carbons (Fsp3) is 0.364. The van der Waals surface area contributed by atoms with Crippen LogP contribution >= 0.6 is 0 Å². The van der Waals surface area contributed by atoms with Crippen LogP contribution < -0.4 is 5.73 Å². The molecule has 3 nitrogen and oxygen atoms in total. The predicted octanol–water partition coefficient (Wildman–Crippen LogP) is 2.25. The molecule has 1 fully saturated rings. The molecule has 2 aromatic rings. The Morgan fingerprint density at radius 2 is 2.12 bits per heavy atom. The number of imidazole rings is 1. The number of rotatable bonds is 2. The smallest absolute Gasteiger partial charge is 0.186 e. The van der Waals surface area contributed by atoms with Crippen molar-refractivity contribution < 1.29 is 8.78 Å². The number of benzene rings is 1. The van der Waals surface area contributed by atoms with Crippen LogP contribution in [0.15, 0.2) is 12.1 Å². The molecule has 0 spiro atoms. The predicted molar refractivity (Wildman–Crippen MR) is 55.7 cm³/mol. The van der Waals surface area contributed by atoms with Gasteiger partial charge in [-0.05, 0) is 30.9 Å². The van der Waals surface area contributed by atoms with Gasteiger partial charge >= 0.3 is 0 Å². The summed E-state index contributed by atoms with van der Waals surface area (Å²) in [7, 11) is 0. The van der Waals surface area contributed by atoms with Crippen LogP contribution in [0.3, 0.4) is 0 Å². The van der Waals surface area contributed by atoms with Crippen molar-refractivity contribution in [2.24, 2.45) is 11.7 Å². The van der Waals surface area contributed by atoms with E-state index in [1.807, 2.05) is 0 Å². The zero-order chi connectivity index (χ0) is 11.3. The number of H-pyrrole nitrogens is 1. The summed E-state index contributed by atoms with van der Waals surface area (Å²) in [4.78, 5) is 6.98. The Morgan fingerprint density at radius 3 is 2.81 bits per heavy atom. The molecule has 3 rings (SSSR count). The second kappa shape index (κ2) is 3.25. The third kappa shape index (κ3) is 1.39. The Hall–Kier alpha value is -1.49. The molecule has 84 valence electrons. The second-order valence-electron chi connectivity index (χ2n) is 4.24. The normalized spacial score (nSPS) is 17.9. The van der Waals surface area contributed by atoms with Gasteiger partial charge in [0.1, 0.15) is 11.3 Å². The van der Waals surface area contributed by atoms with Crippen LogP contribution in [0.5, 0.6) is 0 Å². The summed E-state index contributed by atoms with van der Waals surface area (Å²) in [6.45, 7) is 0. The number of halogens is 2. The lowest BCUT2D eigenvalue weighted by atomic mass is 10.2. The van der Waals surface area contributed by atoms with Crippen molar-refractivity contribution in [3.63, 3.8) is 0 Å². The molecule has 1 atom stereocenters. The average molecular weight is 223 g/mol. The Morgan fingerprint density at radius 1 is 1.38 bits per heavy atom. The fourth-order valence-corrected chi connectivity index (χ4v) is 1.87. The summed E-state index contributed by atoms with van der Waals surface area (Å²) in [5.41, 5.74) is 6.47. The molecule has 0 amide bonds. The van der Waals surface area contributed by atoms with Crippen LogP contribution in [0.2, 0.25) is 0 Å². The minimum absolute atomic E-state index is 0.0334. The van der Waals surface area contributed by atoms with Gasteiger partial charge in [0, 0.05) is 0 Å². The first-order valence-corrected chi connectivity index (χ1v) is 5.26. The molecule has 1 saturated carbocycles. The Bertz CT molecular complexity index is 545. The number of aromatic amines is 1. The van der Waals surface area contributed by atoms with Gasteiger partial charge in [0.25, 0.3) is 0 Å². The highest BCUT2D eigenvalue weighted by atomic mass is 19.2. The quantitative estimate of drug-likeness (QED) is 0.820. The van der Waals surface area contributed by atoms with Crippen molar-refractivity contribution >= 4 is 11.0 Å². The highest BCUT2D eigenvalue weighted by molar-refractivity contribution is 5.75. The Labute approximate surface area is 90.7 Å². The first-order valence-electron chi connectivity index (χ1n) is 5.26. The van der Waals surface area contributed by atoms with Gasteiger partial charge in [-0.25, -0.2) is 13.8 Å². The zero-order valence-electron chi connectivity index (χ0n) is 8.50. The van der Waals surface area contributed by atoms with E-state index in [0.717, 1.165) is 18.9 Å². The molecule has 5 heteroatoms. The molecule has 1 aromatic heterocycles. The lowest BCUT2D eigenvalue weighted by molar-refractivity contribution is 0.515. The van der Waals surface area contributed by atoms with Crippen molar-refractivity contribution in [2.45, 2.75) is 18.9 Å². The SMILES string of the molecule is NC(c1nc2c(F)c(F)ccc2[nH]1)C1CC1. The molecule has 3 N–H and O–H groups in total. The second-order valence-corrected chi connectivity index (χ2v) is 4.24. The number of nitrogens with zero attached hydrogens (tertiary/aromatic N) is 1. The minimum atomic E-state index is -0.914. The first kappa shape index (κ1) is 9.72. The zero-order valence-corrected chi connectivity index (χ0v) is 8.50. The molecule has 1 unspecified atom stereocenters. The van der Waals surface area contributed by atoms with E-state index in [0.29, 0.717) is 17.3 Å². The van der Waals surface area contributed by atoms with E-state index in [9.17, 15) is 8.78 Å². The maximum Gasteiger partial charge on any atom is 0.186 e. The summed E-state index contributed by atoms with van der Waals surface area (Å²) in [6.07, 6.45) is 2.16. The Balaban J connectivity index is 2.11. The largest absolute Gasteiger partial charge is 0.341 e. The van der Waals surface area contributed by atoms with E-state index >= 15 is 0 Å². The van der Waals surface area contributed by atoms with Crippen LogP contribution in [-0.2, 0) is 0 Å². The van der Waals surface area contributed by atoms with Crippen molar-refractivity contribution in [3.8, 4) is 0 Å². The molecule has 0 radical (unpaired) electrons. The summed E-state index contributed by atoms with van der Waals surface area (Å²) < 4.78 is 26.4. The topological polar surface area (TPSA) is 54.7 Å². The van der Waals surface area contributed by atoms with Crippen LogP contribution in [0.4, 0.5) is 8.78 Å². The lowest BCUT2D eigenvalue weighted by Crippen LogP contribution is -2.13. The highest BCUT2D eigenvalue weighted by Gasteiger charge is 2.31. The molecule has 1 aromatic carbocycles. The van der Waals surface area contributed by atoms with Gasteiger partial charge in [-0.2, -0.15) is 0 Å². The first-order chi connectivity index (χ1) is 7.66. The van der Waals surface area contributed by atoms with Crippen LogP contribution in [0.1, 0.15) is 24.7 Å². The standard InChI is InChI=1S/C11H11F2N3/c12-6-3-4-7-10(8(6)13)16-11(15-7)9(14)5-1-2-5/h3-5,9H,1-2,14H2,(H,15,16). The average Bonchev–Trinajstić information content (AvgIpc) is 3.02. The van der Waals surface area contributed by atoms with Crippen molar-refractivity contribution in [1.29, 1.82) is 0 Å². The summed E-state index contributed by atoms with van der Waals surface area (Å²) >= 11 is 0. The van der Waals surface area contributed by atoms with Crippen LogP contribution in [-0.4, -0.2) is 9.97 Å². The number of hydrogen-bond acceptors (Lipinski definition) is 2. The number of fused-ring (bicyclic) bond motifs is 1. The third-order valence-corrected chi connectivity index (χ3v) is 3.01. The highest BCUT2D eigenvalue weighted by Crippen LogP contribution is 2.39. The molecular weight excluding hydrogens is 212 g/mol. The molecule has 0 aliphatic heterocycles. The molecular formula is C11H11F2N3. The minimum Gasteiger partial charge on any atom is -0.341 e. The van der Waals surface area contributed by atoms with Crippen LogP contribution in [0, 0.1) is 17.6 Å². The molecule has 16 heavy (non-hydrogen) atoms. The van der Waals surface area contributed by atoms with E-state index in [-0.39, 0.29) is 11.6 Å². The molecule has 0 bridgehead atoms. The van der Waals surface area contributed by atoms with Gasteiger partial charge in [0.2, 0.25) is 0 Å². The van der Waals surface area contributed by atoms with E-state index < -0.39 is 11.6 Å². The van der Waals surface area contributed by atoms with Gasteiger partial charge in [-0.1, -0.05) is 0 Å². The number of nitrogens with one attached hydrogen (secondary N) is 1. The van der Waals surface area contributed by atoms with Gasteiger partial charge in [0.15, 0.2) is 11.6 Å². The Kier molecular flexibility index (Phi) is 1.97. The van der Waals surface area contributed by atoms with Gasteiger partial charge in [-0.3, -0.25) is 0 Å². The van der Waals surface area contributed by atoms with E-state index in [1.54, 1.807) is 0 Å². The molecule has 1 aliphatic carbocycles. The number of aromatic nitrogens is 2. The maximum atomic E-state index is 13.4. The summed E-state index contributed by atoms with van der Waals surface area (Å²) in [5.74, 6) is -0.830. The van der Waals surface area contributed by atoms with E-state index in [1.165, 1.54) is 6.07 Å². The maximum absolute atomic E-state index is 13.4. The molecule has 1 heterocycles.